The molecule has 1 aromatic heterocycles. The number of anilines is 1. The van der Waals surface area contributed by atoms with Crippen LogP contribution in [0.3, 0.4) is 0 Å². The summed E-state index contributed by atoms with van der Waals surface area (Å²) in [5.41, 5.74) is 1.80. The van der Waals surface area contributed by atoms with Crippen LogP contribution in [0.4, 0.5) is 19.1 Å². The van der Waals surface area contributed by atoms with Crippen LogP contribution in [-0.2, 0) is 13.2 Å². The summed E-state index contributed by atoms with van der Waals surface area (Å²) in [7, 11) is 1.47. The van der Waals surface area contributed by atoms with Gasteiger partial charge in [0, 0.05) is 7.05 Å². The Morgan fingerprint density at radius 2 is 2.06 bits per heavy atom. The van der Waals surface area contributed by atoms with Crippen LogP contribution >= 0.6 is 0 Å². The van der Waals surface area contributed by atoms with Crippen molar-refractivity contribution in [2.24, 2.45) is 12.9 Å². The Labute approximate surface area is 88.8 Å². The Morgan fingerprint density at radius 3 is 2.62 bits per heavy atom. The molecule has 0 radical (unpaired) electrons. The van der Waals surface area contributed by atoms with E-state index in [-0.39, 0.29) is 17.0 Å². The number of alkyl halides is 3. The molecule has 0 saturated heterocycles. The standard InChI is InChI=1S/C9H9F3N4/c1-16-7-5(9(10,11)12)3-2-4-6(7)14-8(16)15-13/h2-4H,13H2,1H3,(H,14,15). The summed E-state index contributed by atoms with van der Waals surface area (Å²) >= 11 is 0. The van der Waals surface area contributed by atoms with E-state index in [1.165, 1.54) is 23.7 Å². The molecule has 0 aliphatic rings. The van der Waals surface area contributed by atoms with Crippen LogP contribution in [0.25, 0.3) is 11.0 Å². The molecule has 7 heteroatoms. The third-order valence-electron chi connectivity index (χ3n) is 2.33. The van der Waals surface area contributed by atoms with Gasteiger partial charge >= 0.3 is 6.18 Å². The number of halogens is 3. The fourth-order valence-corrected chi connectivity index (χ4v) is 1.63. The van der Waals surface area contributed by atoms with E-state index < -0.39 is 11.7 Å². The van der Waals surface area contributed by atoms with Crippen molar-refractivity contribution in [3.8, 4) is 0 Å². The maximum atomic E-state index is 12.7. The molecular weight excluding hydrogens is 221 g/mol. The molecule has 0 bridgehead atoms. The number of rotatable bonds is 1. The number of imidazole rings is 1. The van der Waals surface area contributed by atoms with Crippen molar-refractivity contribution in [2.45, 2.75) is 6.18 Å². The summed E-state index contributed by atoms with van der Waals surface area (Å²) in [6.07, 6.45) is -4.40. The van der Waals surface area contributed by atoms with E-state index in [1.54, 1.807) is 0 Å². The number of nitrogens with two attached hydrogens (primary N) is 1. The summed E-state index contributed by atoms with van der Waals surface area (Å²) in [6.45, 7) is 0. The van der Waals surface area contributed by atoms with Crippen LogP contribution in [0.1, 0.15) is 5.56 Å². The van der Waals surface area contributed by atoms with Gasteiger partial charge in [0.1, 0.15) is 0 Å². The second-order valence-electron chi connectivity index (χ2n) is 3.31. The van der Waals surface area contributed by atoms with Crippen molar-refractivity contribution >= 4 is 17.0 Å². The lowest BCUT2D eigenvalue weighted by Crippen LogP contribution is -2.12. The van der Waals surface area contributed by atoms with Gasteiger partial charge in [-0.25, -0.2) is 10.8 Å². The smallest absolute Gasteiger partial charge is 0.312 e. The first-order chi connectivity index (χ1) is 7.45. The number of fused-ring (bicyclic) bond motifs is 1. The summed E-state index contributed by atoms with van der Waals surface area (Å²) in [5, 5.41) is 0. The summed E-state index contributed by atoms with van der Waals surface area (Å²) in [4.78, 5) is 3.93. The lowest BCUT2D eigenvalue weighted by atomic mass is 10.2. The van der Waals surface area contributed by atoms with Crippen molar-refractivity contribution in [3.63, 3.8) is 0 Å². The predicted octanol–water partition coefficient (Wildman–Crippen LogP) is 1.88. The Bertz CT molecular complexity index is 529. The van der Waals surface area contributed by atoms with Crippen LogP contribution < -0.4 is 11.3 Å². The fraction of sp³-hybridized carbons (Fsp3) is 0.222. The first kappa shape index (κ1) is 10.7. The van der Waals surface area contributed by atoms with Gasteiger partial charge in [-0.15, -0.1) is 0 Å². The summed E-state index contributed by atoms with van der Waals surface area (Å²) in [6, 6.07) is 3.84. The molecule has 16 heavy (non-hydrogen) atoms. The molecule has 0 saturated carbocycles. The second kappa shape index (κ2) is 3.38. The van der Waals surface area contributed by atoms with Crippen molar-refractivity contribution < 1.29 is 13.2 Å². The van der Waals surface area contributed by atoms with E-state index in [0.717, 1.165) is 6.07 Å². The molecule has 0 aliphatic carbocycles. The highest BCUT2D eigenvalue weighted by Gasteiger charge is 2.34. The number of nitrogen functional groups attached to an aromatic ring is 1. The predicted molar refractivity (Wildman–Crippen MR) is 53.5 cm³/mol. The zero-order chi connectivity index (χ0) is 11.9. The minimum Gasteiger partial charge on any atom is -0.312 e. The number of hydrogen-bond donors (Lipinski definition) is 2. The molecule has 1 aromatic carbocycles. The van der Waals surface area contributed by atoms with Gasteiger partial charge in [-0.05, 0) is 12.1 Å². The maximum Gasteiger partial charge on any atom is 0.418 e. The Balaban J connectivity index is 2.81. The highest BCUT2D eigenvalue weighted by atomic mass is 19.4. The Kier molecular flexibility index (Phi) is 2.27. The highest BCUT2D eigenvalue weighted by Crippen LogP contribution is 2.35. The van der Waals surface area contributed by atoms with E-state index in [4.69, 9.17) is 5.84 Å². The van der Waals surface area contributed by atoms with Crippen LogP contribution in [0, 0.1) is 0 Å². The van der Waals surface area contributed by atoms with Crippen molar-refractivity contribution in [2.75, 3.05) is 5.43 Å². The third-order valence-corrected chi connectivity index (χ3v) is 2.33. The molecule has 0 amide bonds. The van der Waals surface area contributed by atoms with Gasteiger partial charge in [0.2, 0.25) is 5.95 Å². The first-order valence-corrected chi connectivity index (χ1v) is 4.44. The number of benzene rings is 1. The van der Waals surface area contributed by atoms with E-state index in [2.05, 4.69) is 10.4 Å². The largest absolute Gasteiger partial charge is 0.418 e. The van der Waals surface area contributed by atoms with E-state index in [0.29, 0.717) is 0 Å². The van der Waals surface area contributed by atoms with Crippen molar-refractivity contribution in [1.82, 2.24) is 9.55 Å². The number of nitrogens with one attached hydrogen (secondary N) is 1. The molecule has 0 atom stereocenters. The minimum absolute atomic E-state index is 0.0166. The fourth-order valence-electron chi connectivity index (χ4n) is 1.63. The molecule has 2 rings (SSSR count). The van der Waals surface area contributed by atoms with Crippen molar-refractivity contribution in [3.05, 3.63) is 23.8 Å². The average molecular weight is 230 g/mol. The minimum atomic E-state index is -4.40. The molecule has 0 aliphatic heterocycles. The number of aromatic nitrogens is 2. The van der Waals surface area contributed by atoms with Gasteiger partial charge in [-0.1, -0.05) is 6.07 Å². The third kappa shape index (κ3) is 1.49. The average Bonchev–Trinajstić information content (AvgIpc) is 2.54. The SMILES string of the molecule is Cn1c(NN)nc2cccc(C(F)(F)F)c21. The normalized spacial score (nSPS) is 12.1. The quantitative estimate of drug-likeness (QED) is 0.581. The topological polar surface area (TPSA) is 55.9 Å². The number of nitrogens with zero attached hydrogens (tertiary/aromatic N) is 2. The molecule has 0 fully saturated rings. The highest BCUT2D eigenvalue weighted by molar-refractivity contribution is 5.82. The van der Waals surface area contributed by atoms with Gasteiger partial charge in [-0.2, -0.15) is 13.2 Å². The van der Waals surface area contributed by atoms with E-state index in [1.807, 2.05) is 0 Å². The van der Waals surface area contributed by atoms with Gasteiger partial charge in [0.15, 0.2) is 0 Å². The van der Waals surface area contributed by atoms with Crippen LogP contribution in [0.5, 0.6) is 0 Å². The van der Waals surface area contributed by atoms with Gasteiger partial charge in [0.25, 0.3) is 0 Å². The molecule has 3 N–H and O–H groups in total. The molecule has 0 unspecified atom stereocenters. The molecular formula is C9H9F3N4. The number of hydrogen-bond acceptors (Lipinski definition) is 3. The molecule has 2 aromatic rings. The molecule has 86 valence electrons. The lowest BCUT2D eigenvalue weighted by Gasteiger charge is -2.09. The number of hydrazine groups is 1. The maximum absolute atomic E-state index is 12.7. The Hall–Kier alpha value is -1.76. The monoisotopic (exact) mass is 230 g/mol. The first-order valence-electron chi connectivity index (χ1n) is 4.44. The van der Waals surface area contributed by atoms with Crippen LogP contribution in [-0.4, -0.2) is 9.55 Å². The zero-order valence-electron chi connectivity index (χ0n) is 8.34. The number of para-hydroxylation sites is 1. The molecule has 0 spiro atoms. The summed E-state index contributed by atoms with van der Waals surface area (Å²) in [5.74, 6) is 5.35. The second-order valence-corrected chi connectivity index (χ2v) is 3.31. The molecule has 1 heterocycles. The summed E-state index contributed by atoms with van der Waals surface area (Å²) < 4.78 is 39.4. The Morgan fingerprint density at radius 1 is 1.38 bits per heavy atom. The number of aryl methyl sites for hydroxylation is 1. The lowest BCUT2D eigenvalue weighted by molar-refractivity contribution is -0.136. The zero-order valence-corrected chi connectivity index (χ0v) is 8.34. The van der Waals surface area contributed by atoms with Gasteiger partial charge < -0.3 is 4.57 Å². The van der Waals surface area contributed by atoms with Crippen LogP contribution in [0.2, 0.25) is 0 Å². The van der Waals surface area contributed by atoms with E-state index >= 15 is 0 Å². The van der Waals surface area contributed by atoms with Gasteiger partial charge in [-0.3, -0.25) is 5.43 Å². The van der Waals surface area contributed by atoms with E-state index in [9.17, 15) is 13.2 Å². The van der Waals surface area contributed by atoms with Crippen molar-refractivity contribution in [1.29, 1.82) is 0 Å². The van der Waals surface area contributed by atoms with Crippen LogP contribution in [0.15, 0.2) is 18.2 Å². The molecule has 4 nitrogen and oxygen atoms in total. The van der Waals surface area contributed by atoms with Gasteiger partial charge in [0.05, 0.1) is 16.6 Å².